The number of hydrogen-bond acceptors (Lipinski definition) is 7. The first-order valence-corrected chi connectivity index (χ1v) is 12.0. The minimum absolute atomic E-state index is 0.0344. The number of hydrogen-bond donors (Lipinski definition) is 3. The molecule has 5 rings (SSSR count). The molecular formula is C24H32N6O3. The Bertz CT molecular complexity index is 1100. The van der Waals surface area contributed by atoms with Crippen LogP contribution < -0.4 is 11.1 Å². The molecule has 9 heteroatoms. The van der Waals surface area contributed by atoms with Crippen molar-refractivity contribution in [2.75, 3.05) is 5.32 Å². The normalized spacial score (nSPS) is 24.4. The lowest BCUT2D eigenvalue weighted by atomic mass is 9.75. The summed E-state index contributed by atoms with van der Waals surface area (Å²) in [6.45, 7) is 4.18. The Morgan fingerprint density at radius 1 is 1.24 bits per heavy atom. The van der Waals surface area contributed by atoms with Gasteiger partial charge in [-0.25, -0.2) is 14.6 Å². The average molecular weight is 453 g/mol. The summed E-state index contributed by atoms with van der Waals surface area (Å²) in [6.07, 6.45) is 8.75. The molecule has 3 aliphatic carbocycles. The average Bonchev–Trinajstić information content (AvgIpc) is 3.48. The molecule has 0 bridgehead atoms. The van der Waals surface area contributed by atoms with E-state index in [0.29, 0.717) is 31.0 Å². The van der Waals surface area contributed by atoms with Gasteiger partial charge in [0.05, 0.1) is 35.3 Å². The summed E-state index contributed by atoms with van der Waals surface area (Å²) < 4.78 is 1.73. The van der Waals surface area contributed by atoms with Crippen LogP contribution in [-0.2, 0) is 12.8 Å². The molecule has 3 aliphatic rings. The number of rotatable bonds is 6. The third-order valence-electron chi connectivity index (χ3n) is 7.06. The zero-order valence-corrected chi connectivity index (χ0v) is 19.3. The molecule has 2 fully saturated rings. The van der Waals surface area contributed by atoms with E-state index in [9.17, 15) is 14.7 Å². The molecule has 2 heterocycles. The van der Waals surface area contributed by atoms with Crippen LogP contribution in [0, 0.1) is 11.3 Å². The van der Waals surface area contributed by atoms with Gasteiger partial charge in [0.25, 0.3) is 5.91 Å². The summed E-state index contributed by atoms with van der Waals surface area (Å²) in [5, 5.41) is 18.5. The summed E-state index contributed by atoms with van der Waals surface area (Å²) in [5.41, 5.74) is 7.86. The topological polar surface area (TPSA) is 136 Å². The van der Waals surface area contributed by atoms with Gasteiger partial charge in [0.2, 0.25) is 0 Å². The maximum atomic E-state index is 13.1. The second-order valence-electron chi connectivity index (χ2n) is 10.7. The molecule has 2 unspecified atom stereocenters. The van der Waals surface area contributed by atoms with Gasteiger partial charge in [-0.3, -0.25) is 9.59 Å². The molecule has 2 aromatic rings. The van der Waals surface area contributed by atoms with E-state index in [2.05, 4.69) is 29.1 Å². The van der Waals surface area contributed by atoms with Crippen molar-refractivity contribution < 1.29 is 14.7 Å². The van der Waals surface area contributed by atoms with Crippen molar-refractivity contribution >= 4 is 17.5 Å². The molecule has 0 saturated heterocycles. The molecule has 2 saturated carbocycles. The first kappa shape index (κ1) is 22.0. The zero-order valence-electron chi connectivity index (χ0n) is 19.3. The van der Waals surface area contributed by atoms with Gasteiger partial charge in [0.15, 0.2) is 23.1 Å². The molecule has 0 aliphatic heterocycles. The summed E-state index contributed by atoms with van der Waals surface area (Å²) in [4.78, 5) is 34.1. The SMILES string of the molecule is CC1(C)CC(=O)c2c(CC3CC3)nn(-c3cnc(C(N)=O)c(NC4CCCCC4O)n3)c2C1. The maximum Gasteiger partial charge on any atom is 0.271 e. The van der Waals surface area contributed by atoms with Crippen LogP contribution in [-0.4, -0.2) is 48.7 Å². The molecule has 2 atom stereocenters. The summed E-state index contributed by atoms with van der Waals surface area (Å²) >= 11 is 0. The van der Waals surface area contributed by atoms with Crippen LogP contribution in [0.3, 0.4) is 0 Å². The maximum absolute atomic E-state index is 13.1. The van der Waals surface area contributed by atoms with E-state index in [0.717, 1.165) is 42.6 Å². The van der Waals surface area contributed by atoms with Gasteiger partial charge in [0, 0.05) is 6.42 Å². The van der Waals surface area contributed by atoms with E-state index in [4.69, 9.17) is 10.8 Å². The third kappa shape index (κ3) is 4.38. The number of nitrogens with zero attached hydrogens (tertiary/aromatic N) is 4. The number of Topliss-reactive ketones (excluding diaryl/α,β-unsaturated/α-hetero) is 1. The van der Waals surface area contributed by atoms with Crippen molar-refractivity contribution in [2.45, 2.75) is 83.8 Å². The van der Waals surface area contributed by atoms with Crippen molar-refractivity contribution in [2.24, 2.45) is 17.1 Å². The van der Waals surface area contributed by atoms with E-state index in [1.54, 1.807) is 4.68 Å². The second kappa shape index (κ2) is 8.20. The van der Waals surface area contributed by atoms with E-state index in [1.165, 1.54) is 19.0 Å². The molecule has 0 spiro atoms. The number of aliphatic hydroxyl groups excluding tert-OH is 1. The van der Waals surface area contributed by atoms with Gasteiger partial charge in [0.1, 0.15) is 0 Å². The highest BCUT2D eigenvalue weighted by atomic mass is 16.3. The fourth-order valence-electron chi connectivity index (χ4n) is 5.17. The van der Waals surface area contributed by atoms with Crippen molar-refractivity contribution in [3.05, 3.63) is 28.8 Å². The fraction of sp³-hybridized carbons (Fsp3) is 0.625. The minimum Gasteiger partial charge on any atom is -0.391 e. The number of nitrogens with two attached hydrogens (primary N) is 1. The highest BCUT2D eigenvalue weighted by Crippen LogP contribution is 2.40. The Balaban J connectivity index is 1.57. The van der Waals surface area contributed by atoms with E-state index in [-0.39, 0.29) is 28.8 Å². The Labute approximate surface area is 193 Å². The molecule has 176 valence electrons. The van der Waals surface area contributed by atoms with Crippen LogP contribution in [0.2, 0.25) is 0 Å². The predicted molar refractivity (Wildman–Crippen MR) is 122 cm³/mol. The van der Waals surface area contributed by atoms with Gasteiger partial charge in [-0.2, -0.15) is 5.10 Å². The van der Waals surface area contributed by atoms with Gasteiger partial charge in [-0.05, 0) is 49.9 Å². The van der Waals surface area contributed by atoms with Gasteiger partial charge in [-0.1, -0.05) is 26.7 Å². The van der Waals surface area contributed by atoms with Crippen LogP contribution in [0.4, 0.5) is 5.82 Å². The molecule has 2 aromatic heterocycles. The first-order valence-electron chi connectivity index (χ1n) is 12.0. The zero-order chi connectivity index (χ0) is 23.3. The van der Waals surface area contributed by atoms with Crippen molar-refractivity contribution in [3.8, 4) is 5.82 Å². The standard InChI is InChI=1S/C24H32N6O3/c1-24(2)10-16-20(18(32)11-24)15(9-13-7-8-13)29-30(16)19-12-26-21(22(25)33)23(28-19)27-14-5-3-4-6-17(14)31/h12-14,17,31H,3-11H2,1-2H3,(H2,25,33)(H,27,28). The predicted octanol–water partition coefficient (Wildman–Crippen LogP) is 2.58. The summed E-state index contributed by atoms with van der Waals surface area (Å²) in [6, 6.07) is -0.223. The Morgan fingerprint density at radius 3 is 2.70 bits per heavy atom. The van der Waals surface area contributed by atoms with Crippen molar-refractivity contribution in [1.29, 1.82) is 0 Å². The molecule has 1 amide bonds. The van der Waals surface area contributed by atoms with Gasteiger partial charge >= 0.3 is 0 Å². The van der Waals surface area contributed by atoms with Crippen LogP contribution in [0.15, 0.2) is 6.20 Å². The van der Waals surface area contributed by atoms with Gasteiger partial charge in [-0.15, -0.1) is 0 Å². The number of carbonyl (C=O) groups excluding carboxylic acids is 2. The minimum atomic E-state index is -0.685. The number of carbonyl (C=O) groups is 2. The second-order valence-corrected chi connectivity index (χ2v) is 10.7. The van der Waals surface area contributed by atoms with Crippen LogP contribution >= 0.6 is 0 Å². The van der Waals surface area contributed by atoms with E-state index >= 15 is 0 Å². The highest BCUT2D eigenvalue weighted by Gasteiger charge is 2.38. The largest absolute Gasteiger partial charge is 0.391 e. The smallest absolute Gasteiger partial charge is 0.271 e. The van der Waals surface area contributed by atoms with Gasteiger partial charge < -0.3 is 16.2 Å². The van der Waals surface area contributed by atoms with Crippen molar-refractivity contribution in [1.82, 2.24) is 19.7 Å². The number of amides is 1. The lowest BCUT2D eigenvalue weighted by Crippen LogP contribution is -2.37. The highest BCUT2D eigenvalue weighted by molar-refractivity contribution is 6.00. The number of anilines is 1. The number of ketones is 1. The number of nitrogens with one attached hydrogen (secondary N) is 1. The Morgan fingerprint density at radius 2 is 2.00 bits per heavy atom. The lowest BCUT2D eigenvalue weighted by molar-refractivity contribution is 0.0909. The monoisotopic (exact) mass is 452 g/mol. The molecule has 0 aromatic carbocycles. The molecule has 4 N–H and O–H groups in total. The lowest BCUT2D eigenvalue weighted by Gasteiger charge is -2.30. The summed E-state index contributed by atoms with van der Waals surface area (Å²) in [7, 11) is 0. The van der Waals surface area contributed by atoms with E-state index < -0.39 is 12.0 Å². The van der Waals surface area contributed by atoms with Crippen LogP contribution in [0.5, 0.6) is 0 Å². The molecule has 9 nitrogen and oxygen atoms in total. The first-order chi connectivity index (χ1) is 15.7. The quantitative estimate of drug-likeness (QED) is 0.613. The van der Waals surface area contributed by atoms with E-state index in [1.807, 2.05) is 0 Å². The third-order valence-corrected chi connectivity index (χ3v) is 7.06. The Hall–Kier alpha value is -2.81. The number of aromatic nitrogens is 4. The van der Waals surface area contributed by atoms with Crippen LogP contribution in [0.1, 0.15) is 91.0 Å². The molecule has 33 heavy (non-hydrogen) atoms. The summed E-state index contributed by atoms with van der Waals surface area (Å²) in [5.74, 6) is 0.731. The molecular weight excluding hydrogens is 420 g/mol. The van der Waals surface area contributed by atoms with Crippen LogP contribution in [0.25, 0.3) is 5.82 Å². The molecule has 0 radical (unpaired) electrons. The van der Waals surface area contributed by atoms with Crippen molar-refractivity contribution in [3.63, 3.8) is 0 Å². The Kier molecular flexibility index (Phi) is 5.47. The fourth-order valence-corrected chi connectivity index (χ4v) is 5.17. The number of primary amides is 1. The number of fused-ring (bicyclic) bond motifs is 1. The number of aliphatic hydroxyl groups is 1.